The van der Waals surface area contributed by atoms with Gasteiger partial charge in [-0.25, -0.2) is 4.79 Å². The third kappa shape index (κ3) is 5.46. The van der Waals surface area contributed by atoms with Crippen LogP contribution < -0.4 is 0 Å². The summed E-state index contributed by atoms with van der Waals surface area (Å²) in [6, 6.07) is 0. The molecule has 0 saturated carbocycles. The first kappa shape index (κ1) is 17.0. The van der Waals surface area contributed by atoms with E-state index in [2.05, 4.69) is 0 Å². The van der Waals surface area contributed by atoms with E-state index in [1.54, 1.807) is 6.92 Å². The van der Waals surface area contributed by atoms with Crippen molar-refractivity contribution in [3.63, 3.8) is 0 Å². The number of hydrogen-bond acceptors (Lipinski definition) is 7. The Morgan fingerprint density at radius 2 is 1.55 bits per heavy atom. The van der Waals surface area contributed by atoms with Crippen LogP contribution in [0.25, 0.3) is 0 Å². The molecule has 0 bridgehead atoms. The molecule has 125 valence electrons. The number of hydrogen-bond donors (Lipinski definition) is 0. The van der Waals surface area contributed by atoms with E-state index >= 15 is 0 Å². The lowest BCUT2D eigenvalue weighted by molar-refractivity contribution is -0.160. The van der Waals surface area contributed by atoms with Crippen molar-refractivity contribution in [1.82, 2.24) is 0 Å². The maximum absolute atomic E-state index is 12.0. The molecule has 0 N–H and O–H groups in total. The van der Waals surface area contributed by atoms with E-state index in [1.165, 1.54) is 0 Å². The molecule has 0 unspecified atom stereocenters. The average molecular weight is 315 g/mol. The van der Waals surface area contributed by atoms with Gasteiger partial charge < -0.3 is 23.7 Å². The molecule has 0 amide bonds. The van der Waals surface area contributed by atoms with Crippen LogP contribution in [-0.4, -0.2) is 44.7 Å². The predicted octanol–water partition coefficient (Wildman–Crippen LogP) is 2.19. The van der Waals surface area contributed by atoms with Crippen LogP contribution in [0.5, 0.6) is 0 Å². The molecule has 1 radical (unpaired) electrons. The summed E-state index contributed by atoms with van der Waals surface area (Å²) in [5.41, 5.74) is 0. The molecule has 2 heterocycles. The van der Waals surface area contributed by atoms with E-state index < -0.39 is 6.16 Å². The Morgan fingerprint density at radius 3 is 2.14 bits per heavy atom. The molecule has 0 spiro atoms. The Bertz CT molecular complexity index is 359. The van der Waals surface area contributed by atoms with Crippen LogP contribution in [0.1, 0.15) is 39.0 Å². The van der Waals surface area contributed by atoms with Crippen LogP contribution in [0.15, 0.2) is 0 Å². The van der Waals surface area contributed by atoms with Crippen molar-refractivity contribution in [3.8, 4) is 0 Å². The molecule has 0 aromatic carbocycles. The number of carbonyl (C=O) groups is 2. The largest absolute Gasteiger partial charge is 0.512 e. The van der Waals surface area contributed by atoms with Gasteiger partial charge in [0, 0.05) is 32.5 Å². The summed E-state index contributed by atoms with van der Waals surface area (Å²) in [6.45, 7) is 3.98. The van der Waals surface area contributed by atoms with Crippen molar-refractivity contribution in [3.05, 3.63) is 6.29 Å². The van der Waals surface area contributed by atoms with E-state index in [-0.39, 0.29) is 24.3 Å². The molecule has 0 aliphatic carbocycles. The summed E-state index contributed by atoms with van der Waals surface area (Å²) in [4.78, 5) is 23.7. The van der Waals surface area contributed by atoms with Crippen molar-refractivity contribution in [1.29, 1.82) is 0 Å². The molecule has 0 aromatic rings. The minimum Gasteiger partial charge on any atom is -0.431 e. The Kier molecular flexibility index (Phi) is 6.92. The summed E-state index contributed by atoms with van der Waals surface area (Å²) in [6.07, 6.45) is 1.81. The molecular weight excluding hydrogens is 292 g/mol. The van der Waals surface area contributed by atoms with Gasteiger partial charge in [-0.2, -0.15) is 0 Å². The lowest BCUT2D eigenvalue weighted by Crippen LogP contribution is -2.30. The zero-order chi connectivity index (χ0) is 15.8. The minimum atomic E-state index is -0.830. The van der Waals surface area contributed by atoms with Gasteiger partial charge in [0.2, 0.25) is 0 Å². The third-order valence-corrected chi connectivity index (χ3v) is 3.69. The third-order valence-electron chi connectivity index (χ3n) is 3.69. The first-order valence-electron chi connectivity index (χ1n) is 7.80. The lowest BCUT2D eigenvalue weighted by atomic mass is 10.0. The van der Waals surface area contributed by atoms with Gasteiger partial charge in [0.05, 0.1) is 19.1 Å². The Morgan fingerprint density at radius 1 is 0.955 bits per heavy atom. The normalized spacial score (nSPS) is 20.6. The van der Waals surface area contributed by atoms with Crippen LogP contribution in [0, 0.1) is 12.2 Å². The quantitative estimate of drug-likeness (QED) is 0.719. The van der Waals surface area contributed by atoms with E-state index in [4.69, 9.17) is 23.7 Å². The van der Waals surface area contributed by atoms with E-state index in [0.29, 0.717) is 58.5 Å². The zero-order valence-corrected chi connectivity index (χ0v) is 12.9. The van der Waals surface area contributed by atoms with Crippen LogP contribution in [0.4, 0.5) is 4.79 Å². The molecule has 7 heteroatoms. The Balaban J connectivity index is 1.73. The van der Waals surface area contributed by atoms with Crippen LogP contribution >= 0.6 is 0 Å². The maximum atomic E-state index is 12.0. The van der Waals surface area contributed by atoms with Gasteiger partial charge in [0.25, 0.3) is 0 Å². The highest BCUT2D eigenvalue weighted by Gasteiger charge is 2.29. The van der Waals surface area contributed by atoms with Gasteiger partial charge in [0.15, 0.2) is 0 Å². The molecule has 7 nitrogen and oxygen atoms in total. The first-order chi connectivity index (χ1) is 10.7. The van der Waals surface area contributed by atoms with Crippen molar-refractivity contribution < 1.29 is 33.3 Å². The van der Waals surface area contributed by atoms with Crippen molar-refractivity contribution in [2.24, 2.45) is 5.92 Å². The van der Waals surface area contributed by atoms with Crippen LogP contribution in [-0.2, 0) is 28.5 Å². The van der Waals surface area contributed by atoms with Gasteiger partial charge in [-0.05, 0) is 12.8 Å². The van der Waals surface area contributed by atoms with Gasteiger partial charge in [-0.1, -0.05) is 6.92 Å². The van der Waals surface area contributed by atoms with Crippen LogP contribution in [0.2, 0.25) is 0 Å². The number of ether oxygens (including phenoxy) is 5. The van der Waals surface area contributed by atoms with Crippen molar-refractivity contribution in [2.75, 3.05) is 26.4 Å². The summed E-state index contributed by atoms with van der Waals surface area (Å²) in [5, 5.41) is 0. The molecule has 2 saturated heterocycles. The SMILES string of the molecule is CC[C](OC(=O)OC1CCOCC1)OC(=O)C1CCOCC1. The highest BCUT2D eigenvalue weighted by atomic mass is 16.8. The predicted molar refractivity (Wildman–Crippen MR) is 74.6 cm³/mol. The smallest absolute Gasteiger partial charge is 0.431 e. The maximum Gasteiger partial charge on any atom is 0.512 e. The summed E-state index contributed by atoms with van der Waals surface area (Å²) < 4.78 is 25.7. The molecular formula is C15H23O7. The summed E-state index contributed by atoms with van der Waals surface area (Å²) in [5.74, 6) is -0.579. The van der Waals surface area contributed by atoms with Crippen LogP contribution in [0.3, 0.4) is 0 Å². The molecule has 2 aliphatic rings. The first-order valence-corrected chi connectivity index (χ1v) is 7.80. The fourth-order valence-corrected chi connectivity index (χ4v) is 2.34. The Hall–Kier alpha value is -1.34. The Labute approximate surface area is 130 Å². The van der Waals surface area contributed by atoms with E-state index in [1.807, 2.05) is 0 Å². The fraction of sp³-hybridized carbons (Fsp3) is 0.800. The number of esters is 1. The molecule has 2 rings (SSSR count). The topological polar surface area (TPSA) is 80.3 Å². The van der Waals surface area contributed by atoms with Crippen molar-refractivity contribution >= 4 is 12.1 Å². The second-order valence-corrected chi connectivity index (χ2v) is 5.31. The minimum absolute atomic E-state index is 0.0199. The van der Waals surface area contributed by atoms with Crippen molar-refractivity contribution in [2.45, 2.75) is 45.1 Å². The average Bonchev–Trinajstić information content (AvgIpc) is 2.55. The van der Waals surface area contributed by atoms with E-state index in [9.17, 15) is 9.59 Å². The molecule has 2 fully saturated rings. The monoisotopic (exact) mass is 315 g/mol. The molecule has 0 atom stereocenters. The summed E-state index contributed by atoms with van der Waals surface area (Å²) in [7, 11) is 0. The zero-order valence-electron chi connectivity index (χ0n) is 12.9. The second kappa shape index (κ2) is 8.95. The lowest BCUT2D eigenvalue weighted by Gasteiger charge is -2.24. The van der Waals surface area contributed by atoms with Gasteiger partial charge >= 0.3 is 18.4 Å². The molecule has 2 aliphatic heterocycles. The van der Waals surface area contributed by atoms with Gasteiger partial charge in [-0.15, -0.1) is 0 Å². The van der Waals surface area contributed by atoms with Gasteiger partial charge in [-0.3, -0.25) is 4.79 Å². The molecule has 22 heavy (non-hydrogen) atoms. The van der Waals surface area contributed by atoms with Gasteiger partial charge in [0.1, 0.15) is 6.10 Å². The highest BCUT2D eigenvalue weighted by molar-refractivity contribution is 5.73. The van der Waals surface area contributed by atoms with E-state index in [0.717, 1.165) is 0 Å². The molecule has 0 aromatic heterocycles. The summed E-state index contributed by atoms with van der Waals surface area (Å²) >= 11 is 0. The number of carbonyl (C=O) groups excluding carboxylic acids is 2. The fourth-order valence-electron chi connectivity index (χ4n) is 2.34. The highest BCUT2D eigenvalue weighted by Crippen LogP contribution is 2.21. The second-order valence-electron chi connectivity index (χ2n) is 5.31. The number of rotatable bonds is 5. The standard InChI is InChI=1S/C15H23O7/c1-2-13(21-14(16)11-3-7-18-8-4-11)22-15(17)20-12-5-9-19-10-6-12/h11-12H,2-10H2,1H3.